The Balaban J connectivity index is 1.81. The first-order valence-electron chi connectivity index (χ1n) is 7.96. The number of hydrogen-bond acceptors (Lipinski definition) is 5. The zero-order valence-corrected chi connectivity index (χ0v) is 14.0. The van der Waals surface area contributed by atoms with Crippen molar-refractivity contribution in [2.75, 3.05) is 27.9 Å². The molecule has 126 valence electrons. The average molecular weight is 328 g/mol. The van der Waals surface area contributed by atoms with E-state index in [0.29, 0.717) is 18.1 Å². The molecule has 0 aromatic heterocycles. The maximum atomic E-state index is 10.4. The fourth-order valence-corrected chi connectivity index (χ4v) is 4.03. The Labute approximate surface area is 140 Å². The number of ether oxygens (including phenoxy) is 4. The highest BCUT2D eigenvalue weighted by atomic mass is 16.5. The van der Waals surface area contributed by atoms with Crippen molar-refractivity contribution in [3.05, 3.63) is 41.0 Å². The van der Waals surface area contributed by atoms with Crippen LogP contribution >= 0.6 is 0 Å². The van der Waals surface area contributed by atoms with Crippen LogP contribution in [0.4, 0.5) is 0 Å². The molecule has 2 aliphatic rings. The first-order chi connectivity index (χ1) is 11.7. The van der Waals surface area contributed by atoms with Gasteiger partial charge in [-0.1, -0.05) is 12.1 Å². The lowest BCUT2D eigenvalue weighted by Crippen LogP contribution is -2.21. The topological polar surface area (TPSA) is 57.2 Å². The van der Waals surface area contributed by atoms with Gasteiger partial charge in [-0.2, -0.15) is 0 Å². The number of phenolic OH excluding ortho intramolecular Hbond substituents is 1. The predicted molar refractivity (Wildman–Crippen MR) is 88.9 cm³/mol. The second-order valence-electron chi connectivity index (χ2n) is 6.13. The summed E-state index contributed by atoms with van der Waals surface area (Å²) in [7, 11) is 4.85. The summed E-state index contributed by atoms with van der Waals surface area (Å²) < 4.78 is 22.1. The lowest BCUT2D eigenvalue weighted by atomic mass is 9.84. The number of rotatable bonds is 3. The van der Waals surface area contributed by atoms with Gasteiger partial charge in [0.1, 0.15) is 0 Å². The van der Waals surface area contributed by atoms with Gasteiger partial charge in [-0.25, -0.2) is 0 Å². The molecular formula is C19H20O5. The van der Waals surface area contributed by atoms with E-state index in [0.717, 1.165) is 23.5 Å². The van der Waals surface area contributed by atoms with Crippen LogP contribution in [0.25, 0.3) is 0 Å². The first kappa shape index (κ1) is 15.0. The van der Waals surface area contributed by atoms with E-state index in [1.54, 1.807) is 20.3 Å². The molecule has 0 saturated carbocycles. The highest BCUT2D eigenvalue weighted by molar-refractivity contribution is 5.62. The van der Waals surface area contributed by atoms with Crippen molar-refractivity contribution in [2.45, 2.75) is 18.3 Å². The van der Waals surface area contributed by atoms with Crippen molar-refractivity contribution >= 4 is 0 Å². The molecule has 0 bridgehead atoms. The van der Waals surface area contributed by atoms with Crippen LogP contribution in [0.2, 0.25) is 0 Å². The summed E-state index contributed by atoms with van der Waals surface area (Å²) in [5.74, 6) is 3.09. The molecule has 0 saturated heterocycles. The molecule has 0 spiro atoms. The van der Waals surface area contributed by atoms with E-state index in [1.807, 2.05) is 12.1 Å². The van der Waals surface area contributed by atoms with Crippen molar-refractivity contribution in [1.82, 2.24) is 0 Å². The summed E-state index contributed by atoms with van der Waals surface area (Å²) in [4.78, 5) is 0. The largest absolute Gasteiger partial charge is 0.502 e. The summed E-state index contributed by atoms with van der Waals surface area (Å²) in [5.41, 5.74) is 3.42. The number of aromatic hydroxyl groups is 1. The fraction of sp³-hybridized carbons (Fsp3) is 0.368. The second-order valence-corrected chi connectivity index (χ2v) is 6.13. The van der Waals surface area contributed by atoms with Gasteiger partial charge in [-0.05, 0) is 24.1 Å². The molecule has 1 heterocycles. The van der Waals surface area contributed by atoms with E-state index in [-0.39, 0.29) is 17.6 Å². The van der Waals surface area contributed by atoms with E-state index in [4.69, 9.17) is 18.9 Å². The van der Waals surface area contributed by atoms with Crippen molar-refractivity contribution in [2.24, 2.45) is 0 Å². The van der Waals surface area contributed by atoms with Gasteiger partial charge in [0.2, 0.25) is 5.75 Å². The maximum Gasteiger partial charge on any atom is 0.201 e. The molecule has 2 atom stereocenters. The van der Waals surface area contributed by atoms with Crippen LogP contribution < -0.4 is 18.9 Å². The molecule has 0 fully saturated rings. The molecule has 0 unspecified atom stereocenters. The van der Waals surface area contributed by atoms with E-state index >= 15 is 0 Å². The fourth-order valence-electron chi connectivity index (χ4n) is 4.03. The molecule has 4 rings (SSSR count). The van der Waals surface area contributed by atoms with Crippen LogP contribution in [0.15, 0.2) is 24.3 Å². The maximum absolute atomic E-state index is 10.4. The Kier molecular flexibility index (Phi) is 3.44. The van der Waals surface area contributed by atoms with Crippen molar-refractivity contribution in [1.29, 1.82) is 0 Å². The summed E-state index contributed by atoms with van der Waals surface area (Å²) >= 11 is 0. The molecular weight excluding hydrogens is 308 g/mol. The Morgan fingerprint density at radius 1 is 0.917 bits per heavy atom. The minimum Gasteiger partial charge on any atom is -0.502 e. The molecule has 1 aliphatic carbocycles. The standard InChI is InChI=1S/C19H20O5/c1-21-15-6-5-11-12-8-13-10(4-7-16(22-2)18(13)23-3)14(12)9-24-19(11)17(15)20/h4-7,12,14,20H,8-9H2,1-3H3/t12-,14+/m0/s1. The van der Waals surface area contributed by atoms with E-state index in [1.165, 1.54) is 18.2 Å². The van der Waals surface area contributed by atoms with Gasteiger partial charge >= 0.3 is 0 Å². The lowest BCUT2D eigenvalue weighted by Gasteiger charge is -2.30. The van der Waals surface area contributed by atoms with Crippen molar-refractivity contribution in [3.63, 3.8) is 0 Å². The van der Waals surface area contributed by atoms with E-state index in [9.17, 15) is 5.11 Å². The summed E-state index contributed by atoms with van der Waals surface area (Å²) in [6, 6.07) is 7.82. The molecule has 2 aromatic rings. The average Bonchev–Trinajstić information content (AvgIpc) is 3.00. The zero-order chi connectivity index (χ0) is 16.8. The molecule has 0 amide bonds. The van der Waals surface area contributed by atoms with Crippen molar-refractivity contribution in [3.8, 4) is 28.7 Å². The Morgan fingerprint density at radius 3 is 2.33 bits per heavy atom. The van der Waals surface area contributed by atoms with E-state index < -0.39 is 0 Å². The van der Waals surface area contributed by atoms with Crippen LogP contribution in [0, 0.1) is 0 Å². The van der Waals surface area contributed by atoms with Crippen LogP contribution in [-0.4, -0.2) is 33.0 Å². The Hall–Kier alpha value is -2.56. The lowest BCUT2D eigenvalue weighted by molar-refractivity contribution is 0.231. The summed E-state index contributed by atoms with van der Waals surface area (Å²) in [6.07, 6.45) is 0.836. The second kappa shape index (κ2) is 5.51. The monoisotopic (exact) mass is 328 g/mol. The first-order valence-corrected chi connectivity index (χ1v) is 7.96. The Morgan fingerprint density at radius 2 is 1.62 bits per heavy atom. The minimum atomic E-state index is 0.0777. The van der Waals surface area contributed by atoms with Gasteiger partial charge < -0.3 is 24.1 Å². The number of benzene rings is 2. The van der Waals surface area contributed by atoms with Crippen LogP contribution in [-0.2, 0) is 6.42 Å². The van der Waals surface area contributed by atoms with Crippen LogP contribution in [0.5, 0.6) is 28.7 Å². The normalized spacial score (nSPS) is 20.5. The Bertz CT molecular complexity index is 799. The number of fused-ring (bicyclic) bond motifs is 5. The minimum absolute atomic E-state index is 0.0777. The quantitative estimate of drug-likeness (QED) is 0.937. The molecule has 5 nitrogen and oxygen atoms in total. The van der Waals surface area contributed by atoms with Gasteiger partial charge in [0.05, 0.1) is 27.9 Å². The summed E-state index contributed by atoms with van der Waals surface area (Å²) in [5, 5.41) is 10.4. The van der Waals surface area contributed by atoms with Crippen molar-refractivity contribution < 1.29 is 24.1 Å². The smallest absolute Gasteiger partial charge is 0.201 e. The summed E-state index contributed by atoms with van der Waals surface area (Å²) in [6.45, 7) is 0.529. The van der Waals surface area contributed by atoms with E-state index in [2.05, 4.69) is 6.07 Å². The molecule has 1 aliphatic heterocycles. The highest BCUT2D eigenvalue weighted by Gasteiger charge is 2.41. The van der Waals surface area contributed by atoms with Gasteiger partial charge in [0, 0.05) is 23.0 Å². The van der Waals surface area contributed by atoms with Crippen LogP contribution in [0.1, 0.15) is 28.5 Å². The number of methoxy groups -OCH3 is 3. The SMILES string of the molecule is COc1ccc2c(c1O)OC[C@@H]1c3ccc(OC)c(OC)c3C[C@@H]21. The third-order valence-electron chi connectivity index (χ3n) is 5.15. The molecule has 0 radical (unpaired) electrons. The van der Waals surface area contributed by atoms with Gasteiger partial charge in [0.25, 0.3) is 0 Å². The third kappa shape index (κ3) is 1.94. The predicted octanol–water partition coefficient (Wildman–Crippen LogP) is 3.23. The molecule has 24 heavy (non-hydrogen) atoms. The van der Waals surface area contributed by atoms with Crippen LogP contribution in [0.3, 0.4) is 0 Å². The molecule has 5 heteroatoms. The molecule has 2 aromatic carbocycles. The van der Waals surface area contributed by atoms with Gasteiger partial charge in [0.15, 0.2) is 23.0 Å². The molecule has 1 N–H and O–H groups in total. The number of hydrogen-bond donors (Lipinski definition) is 1. The van der Waals surface area contributed by atoms with Gasteiger partial charge in [-0.3, -0.25) is 0 Å². The van der Waals surface area contributed by atoms with Gasteiger partial charge in [-0.15, -0.1) is 0 Å². The zero-order valence-electron chi connectivity index (χ0n) is 14.0. The number of phenols is 1. The third-order valence-corrected chi connectivity index (χ3v) is 5.15. The highest BCUT2D eigenvalue weighted by Crippen LogP contribution is 2.56.